The van der Waals surface area contributed by atoms with Crippen LogP contribution in [0.15, 0.2) is 42.5 Å². The molecule has 0 saturated carbocycles. The fourth-order valence-corrected chi connectivity index (χ4v) is 3.54. The van der Waals surface area contributed by atoms with Gasteiger partial charge in [0.2, 0.25) is 0 Å². The number of hydrogen-bond donors (Lipinski definition) is 0. The summed E-state index contributed by atoms with van der Waals surface area (Å²) in [4.78, 5) is 27.0. The highest BCUT2D eigenvalue weighted by atomic mass is 35.5. The van der Waals surface area contributed by atoms with Crippen LogP contribution in [0.5, 0.6) is 5.75 Å². The molecule has 1 aliphatic rings. The SMILES string of the molecule is C[C@@H]1CN(Cc2ccc(F)cc2)CCN1C(=O)COc1ccc(Cl)cc1[N+](=O)[O-]. The van der Waals surface area contributed by atoms with Crippen molar-refractivity contribution < 1.29 is 18.8 Å². The van der Waals surface area contributed by atoms with E-state index in [1.54, 1.807) is 17.0 Å². The highest BCUT2D eigenvalue weighted by Gasteiger charge is 2.28. The molecule has 1 saturated heterocycles. The lowest BCUT2D eigenvalue weighted by molar-refractivity contribution is -0.385. The van der Waals surface area contributed by atoms with Crippen LogP contribution >= 0.6 is 11.6 Å². The summed E-state index contributed by atoms with van der Waals surface area (Å²) in [5.74, 6) is -0.489. The predicted octanol–water partition coefficient (Wildman–Crippen LogP) is 3.50. The Balaban J connectivity index is 1.55. The molecule has 9 heteroatoms. The number of benzene rings is 2. The third-order valence-corrected chi connectivity index (χ3v) is 5.06. The number of carbonyl (C=O) groups is 1. The lowest BCUT2D eigenvalue weighted by Gasteiger charge is -2.39. The number of nitro benzene ring substituents is 1. The van der Waals surface area contributed by atoms with E-state index in [1.807, 2.05) is 6.92 Å². The second-order valence-electron chi connectivity index (χ2n) is 6.96. The lowest BCUT2D eigenvalue weighted by atomic mass is 10.1. The van der Waals surface area contributed by atoms with Gasteiger partial charge in [-0.25, -0.2) is 4.39 Å². The highest BCUT2D eigenvalue weighted by molar-refractivity contribution is 6.30. The Bertz CT molecular complexity index is 894. The first-order valence-corrected chi connectivity index (χ1v) is 9.54. The van der Waals surface area contributed by atoms with Crippen LogP contribution in [0.1, 0.15) is 12.5 Å². The van der Waals surface area contributed by atoms with Crippen LogP contribution in [-0.2, 0) is 11.3 Å². The van der Waals surface area contributed by atoms with Crippen molar-refractivity contribution in [2.45, 2.75) is 19.5 Å². The molecule has 3 rings (SSSR count). The first-order chi connectivity index (χ1) is 13.8. The molecule has 29 heavy (non-hydrogen) atoms. The molecule has 1 atom stereocenters. The van der Waals surface area contributed by atoms with Crippen LogP contribution in [0, 0.1) is 15.9 Å². The molecule has 0 bridgehead atoms. The van der Waals surface area contributed by atoms with E-state index >= 15 is 0 Å². The van der Waals surface area contributed by atoms with E-state index < -0.39 is 4.92 Å². The summed E-state index contributed by atoms with van der Waals surface area (Å²) < 4.78 is 18.4. The largest absolute Gasteiger partial charge is 0.477 e. The molecule has 0 aliphatic carbocycles. The molecule has 1 amide bonds. The molecule has 0 N–H and O–H groups in total. The molecule has 1 heterocycles. The van der Waals surface area contributed by atoms with Crippen molar-refractivity contribution in [1.29, 1.82) is 0 Å². The minimum absolute atomic E-state index is 0.00958. The van der Waals surface area contributed by atoms with Crippen molar-refractivity contribution in [2.75, 3.05) is 26.2 Å². The summed E-state index contributed by atoms with van der Waals surface area (Å²) in [6.07, 6.45) is 0. The summed E-state index contributed by atoms with van der Waals surface area (Å²) in [6, 6.07) is 10.4. The van der Waals surface area contributed by atoms with E-state index in [1.165, 1.54) is 30.3 Å². The molecular formula is C20H21ClFN3O4. The number of ether oxygens (including phenoxy) is 1. The Morgan fingerprint density at radius 1 is 1.28 bits per heavy atom. The average molecular weight is 422 g/mol. The van der Waals surface area contributed by atoms with E-state index in [0.717, 1.165) is 5.56 Å². The Kier molecular flexibility index (Phi) is 6.66. The quantitative estimate of drug-likeness (QED) is 0.527. The molecular weight excluding hydrogens is 401 g/mol. The number of piperazine rings is 1. The second kappa shape index (κ2) is 9.19. The number of halogens is 2. The zero-order valence-corrected chi connectivity index (χ0v) is 16.6. The normalized spacial score (nSPS) is 17.2. The van der Waals surface area contributed by atoms with Crippen LogP contribution < -0.4 is 4.74 Å². The van der Waals surface area contributed by atoms with E-state index in [0.29, 0.717) is 26.2 Å². The number of nitro groups is 1. The lowest BCUT2D eigenvalue weighted by Crippen LogP contribution is -2.54. The molecule has 1 fully saturated rings. The van der Waals surface area contributed by atoms with Crippen molar-refractivity contribution in [2.24, 2.45) is 0 Å². The Morgan fingerprint density at radius 2 is 2.00 bits per heavy atom. The van der Waals surface area contributed by atoms with Crippen LogP contribution in [0.3, 0.4) is 0 Å². The summed E-state index contributed by atoms with van der Waals surface area (Å²) in [5.41, 5.74) is 0.735. The fourth-order valence-electron chi connectivity index (χ4n) is 3.37. The number of carbonyl (C=O) groups excluding carboxylic acids is 1. The Labute approximate surface area is 172 Å². The van der Waals surface area contributed by atoms with Crippen molar-refractivity contribution in [3.63, 3.8) is 0 Å². The van der Waals surface area contributed by atoms with Crippen molar-refractivity contribution >= 4 is 23.2 Å². The van der Waals surface area contributed by atoms with Gasteiger partial charge in [0, 0.05) is 43.3 Å². The molecule has 0 aromatic heterocycles. The van der Waals surface area contributed by atoms with Gasteiger partial charge in [0.1, 0.15) is 5.82 Å². The Morgan fingerprint density at radius 3 is 2.66 bits per heavy atom. The van der Waals surface area contributed by atoms with Gasteiger partial charge < -0.3 is 9.64 Å². The topological polar surface area (TPSA) is 75.9 Å². The van der Waals surface area contributed by atoms with Gasteiger partial charge in [-0.15, -0.1) is 0 Å². The number of rotatable bonds is 6. The number of hydrogen-bond acceptors (Lipinski definition) is 5. The zero-order valence-electron chi connectivity index (χ0n) is 15.9. The maximum atomic E-state index is 13.0. The molecule has 0 unspecified atom stereocenters. The molecule has 2 aromatic rings. The van der Waals surface area contributed by atoms with Crippen LogP contribution in [0.2, 0.25) is 5.02 Å². The summed E-state index contributed by atoms with van der Waals surface area (Å²) in [7, 11) is 0. The van der Waals surface area contributed by atoms with Gasteiger partial charge in [-0.2, -0.15) is 0 Å². The smallest absolute Gasteiger partial charge is 0.312 e. The van der Waals surface area contributed by atoms with E-state index in [4.69, 9.17) is 16.3 Å². The zero-order chi connectivity index (χ0) is 21.0. The second-order valence-corrected chi connectivity index (χ2v) is 7.39. The van der Waals surface area contributed by atoms with E-state index in [-0.39, 0.29) is 40.8 Å². The van der Waals surface area contributed by atoms with Gasteiger partial charge in [-0.05, 0) is 36.8 Å². The molecule has 7 nitrogen and oxygen atoms in total. The third-order valence-electron chi connectivity index (χ3n) is 4.82. The summed E-state index contributed by atoms with van der Waals surface area (Å²) in [6.45, 7) is 4.20. The minimum atomic E-state index is -0.595. The molecule has 2 aromatic carbocycles. The predicted molar refractivity (Wildman–Crippen MR) is 106 cm³/mol. The molecule has 1 aliphatic heterocycles. The highest BCUT2D eigenvalue weighted by Crippen LogP contribution is 2.30. The monoisotopic (exact) mass is 421 g/mol. The Hall–Kier alpha value is -2.71. The van der Waals surface area contributed by atoms with E-state index in [9.17, 15) is 19.3 Å². The number of nitrogens with zero attached hydrogens (tertiary/aromatic N) is 3. The van der Waals surface area contributed by atoms with Crippen molar-refractivity contribution in [1.82, 2.24) is 9.80 Å². The third kappa shape index (κ3) is 5.42. The van der Waals surface area contributed by atoms with Crippen molar-refractivity contribution in [3.05, 3.63) is 69.0 Å². The van der Waals surface area contributed by atoms with E-state index in [2.05, 4.69) is 4.90 Å². The van der Waals surface area contributed by atoms with Gasteiger partial charge in [-0.1, -0.05) is 23.7 Å². The minimum Gasteiger partial charge on any atom is -0.477 e. The van der Waals surface area contributed by atoms with Gasteiger partial charge in [0.15, 0.2) is 12.4 Å². The maximum absolute atomic E-state index is 13.0. The van der Waals surface area contributed by atoms with Crippen LogP contribution in [0.4, 0.5) is 10.1 Å². The average Bonchev–Trinajstić information content (AvgIpc) is 2.68. The van der Waals surface area contributed by atoms with Gasteiger partial charge in [-0.3, -0.25) is 19.8 Å². The van der Waals surface area contributed by atoms with Gasteiger partial charge >= 0.3 is 5.69 Å². The molecule has 154 valence electrons. The maximum Gasteiger partial charge on any atom is 0.312 e. The number of amides is 1. The first kappa shape index (κ1) is 21.0. The van der Waals surface area contributed by atoms with Crippen LogP contribution in [-0.4, -0.2) is 52.9 Å². The fraction of sp³-hybridized carbons (Fsp3) is 0.350. The van der Waals surface area contributed by atoms with Crippen LogP contribution in [0.25, 0.3) is 0 Å². The van der Waals surface area contributed by atoms with Gasteiger partial charge in [0.25, 0.3) is 5.91 Å². The first-order valence-electron chi connectivity index (χ1n) is 9.16. The van der Waals surface area contributed by atoms with Gasteiger partial charge in [0.05, 0.1) is 4.92 Å². The summed E-state index contributed by atoms with van der Waals surface area (Å²) in [5, 5.41) is 11.3. The molecule has 0 spiro atoms. The molecule has 0 radical (unpaired) electrons. The standard InChI is InChI=1S/C20H21ClFN3O4/c1-14-11-23(12-15-2-5-17(22)6-3-15)8-9-24(14)20(26)13-29-19-7-4-16(21)10-18(19)25(27)28/h2-7,10,14H,8-9,11-13H2,1H3/t14-/m1/s1. The van der Waals surface area contributed by atoms with Crippen molar-refractivity contribution in [3.8, 4) is 5.75 Å². The summed E-state index contributed by atoms with van der Waals surface area (Å²) >= 11 is 5.79.